The van der Waals surface area contributed by atoms with Crippen molar-refractivity contribution in [1.82, 2.24) is 0 Å². The summed E-state index contributed by atoms with van der Waals surface area (Å²) in [4.78, 5) is 12.5. The van der Waals surface area contributed by atoms with Gasteiger partial charge in [-0.05, 0) is 41.9 Å². The van der Waals surface area contributed by atoms with Crippen LogP contribution in [-0.2, 0) is 9.47 Å². The Balaban J connectivity index is 2.29. The number of ketones is 1. The first kappa shape index (κ1) is 16.3. The summed E-state index contributed by atoms with van der Waals surface area (Å²) in [5, 5.41) is 0. The number of carbonyl (C=O) groups excluding carboxylic acids is 1. The number of hydrogen-bond acceptors (Lipinski definition) is 5. The summed E-state index contributed by atoms with van der Waals surface area (Å²) in [5.74, 6) is 1.05. The minimum atomic E-state index is -0.567. The molecule has 1 heterocycles. The first-order chi connectivity index (χ1) is 10.2. The predicted molar refractivity (Wildman–Crippen MR) is 81.4 cm³/mol. The topological polar surface area (TPSA) is 54.0 Å². The van der Waals surface area contributed by atoms with Crippen LogP contribution in [0.4, 0.5) is 0 Å². The van der Waals surface area contributed by atoms with Gasteiger partial charge in [-0.25, -0.2) is 0 Å². The fourth-order valence-corrected chi connectivity index (χ4v) is 2.59. The Morgan fingerprint density at radius 1 is 1.24 bits per heavy atom. The van der Waals surface area contributed by atoms with Gasteiger partial charge in [-0.2, -0.15) is 0 Å². The van der Waals surface area contributed by atoms with Gasteiger partial charge in [-0.3, -0.25) is 4.79 Å². The smallest absolute Gasteiger partial charge is 0.195 e. The largest absolute Gasteiger partial charge is 0.490 e. The van der Waals surface area contributed by atoms with Crippen LogP contribution in [0.2, 0.25) is 0 Å². The quantitative estimate of drug-likeness (QED) is 0.731. The van der Waals surface area contributed by atoms with E-state index in [1.807, 2.05) is 13.8 Å². The molecule has 5 nitrogen and oxygen atoms in total. The third-order valence-electron chi connectivity index (χ3n) is 3.01. The van der Waals surface area contributed by atoms with E-state index in [-0.39, 0.29) is 12.4 Å². The van der Waals surface area contributed by atoms with E-state index in [2.05, 4.69) is 15.9 Å². The molecule has 1 aromatic rings. The van der Waals surface area contributed by atoms with Gasteiger partial charge in [0.1, 0.15) is 6.10 Å². The van der Waals surface area contributed by atoms with Crippen LogP contribution < -0.4 is 9.47 Å². The van der Waals surface area contributed by atoms with Crippen molar-refractivity contribution in [2.24, 2.45) is 0 Å². The van der Waals surface area contributed by atoms with Crippen molar-refractivity contribution in [3.63, 3.8) is 0 Å². The van der Waals surface area contributed by atoms with Gasteiger partial charge < -0.3 is 18.9 Å². The molecule has 0 radical (unpaired) electrons. The average molecular weight is 359 g/mol. The Morgan fingerprint density at radius 3 is 2.48 bits per heavy atom. The van der Waals surface area contributed by atoms with E-state index in [1.54, 1.807) is 12.1 Å². The van der Waals surface area contributed by atoms with E-state index < -0.39 is 6.10 Å². The van der Waals surface area contributed by atoms with E-state index in [9.17, 15) is 4.79 Å². The molecule has 1 aromatic carbocycles. The highest BCUT2D eigenvalue weighted by molar-refractivity contribution is 9.10. The molecule has 0 amide bonds. The predicted octanol–water partition coefficient (Wildman–Crippen LogP) is 2.84. The summed E-state index contributed by atoms with van der Waals surface area (Å²) < 4.78 is 22.5. The molecule has 1 unspecified atom stereocenters. The molecule has 21 heavy (non-hydrogen) atoms. The number of Topliss-reactive ketones (excluding diaryl/α,β-unsaturated/α-hetero) is 1. The zero-order valence-corrected chi connectivity index (χ0v) is 13.8. The second-order valence-corrected chi connectivity index (χ2v) is 5.30. The van der Waals surface area contributed by atoms with Crippen molar-refractivity contribution in [3.8, 4) is 11.5 Å². The Morgan fingerprint density at radius 2 is 1.90 bits per heavy atom. The number of hydrogen-bond donors (Lipinski definition) is 0. The van der Waals surface area contributed by atoms with Crippen molar-refractivity contribution in [3.05, 3.63) is 22.2 Å². The molecule has 6 heteroatoms. The molecule has 1 fully saturated rings. The molecular weight excluding hydrogens is 340 g/mol. The van der Waals surface area contributed by atoms with Gasteiger partial charge in [0, 0.05) is 10.0 Å². The van der Waals surface area contributed by atoms with Crippen molar-refractivity contribution in [1.29, 1.82) is 0 Å². The highest BCUT2D eigenvalue weighted by atomic mass is 79.9. The van der Waals surface area contributed by atoms with Crippen LogP contribution in [-0.4, -0.2) is 44.9 Å². The lowest BCUT2D eigenvalue weighted by Crippen LogP contribution is -2.35. The first-order valence-corrected chi connectivity index (χ1v) is 7.79. The van der Waals surface area contributed by atoms with Gasteiger partial charge >= 0.3 is 0 Å². The van der Waals surface area contributed by atoms with Crippen LogP contribution in [0.1, 0.15) is 24.2 Å². The Hall–Kier alpha value is -1.11. The van der Waals surface area contributed by atoms with Gasteiger partial charge in [-0.1, -0.05) is 0 Å². The van der Waals surface area contributed by atoms with Gasteiger partial charge in [-0.15, -0.1) is 0 Å². The van der Waals surface area contributed by atoms with Crippen LogP contribution in [0, 0.1) is 0 Å². The summed E-state index contributed by atoms with van der Waals surface area (Å²) in [5.41, 5.74) is 0.511. The summed E-state index contributed by atoms with van der Waals surface area (Å²) in [6.45, 7) is 6.05. The van der Waals surface area contributed by atoms with E-state index in [4.69, 9.17) is 18.9 Å². The first-order valence-electron chi connectivity index (χ1n) is 7.00. The van der Waals surface area contributed by atoms with Crippen molar-refractivity contribution in [2.75, 3.05) is 33.0 Å². The maximum atomic E-state index is 12.5. The summed E-state index contributed by atoms with van der Waals surface area (Å²) in [6, 6.07) is 3.45. The van der Waals surface area contributed by atoms with Crippen LogP contribution in [0.3, 0.4) is 0 Å². The zero-order chi connectivity index (χ0) is 15.2. The number of rotatable bonds is 6. The highest BCUT2D eigenvalue weighted by Crippen LogP contribution is 2.34. The Labute approximate surface area is 132 Å². The molecule has 1 aliphatic rings. The van der Waals surface area contributed by atoms with Gasteiger partial charge in [0.25, 0.3) is 0 Å². The molecule has 0 saturated carbocycles. The number of carbonyl (C=O) groups is 1. The second-order valence-electron chi connectivity index (χ2n) is 4.44. The molecule has 1 aliphatic heterocycles. The van der Waals surface area contributed by atoms with E-state index in [0.717, 1.165) is 0 Å². The second kappa shape index (κ2) is 7.77. The third-order valence-corrected chi connectivity index (χ3v) is 3.66. The number of ether oxygens (including phenoxy) is 4. The monoisotopic (exact) mass is 358 g/mol. The minimum Gasteiger partial charge on any atom is -0.490 e. The molecule has 0 bridgehead atoms. The van der Waals surface area contributed by atoms with Crippen molar-refractivity contribution >= 4 is 21.7 Å². The lowest BCUT2D eigenvalue weighted by atomic mass is 10.1. The summed E-state index contributed by atoms with van der Waals surface area (Å²) >= 11 is 3.42. The molecule has 1 saturated heterocycles. The lowest BCUT2D eigenvalue weighted by Gasteiger charge is -2.22. The van der Waals surface area contributed by atoms with E-state index in [0.29, 0.717) is 48.0 Å². The summed E-state index contributed by atoms with van der Waals surface area (Å²) in [7, 11) is 0. The molecule has 1 atom stereocenters. The molecule has 0 N–H and O–H groups in total. The molecule has 0 spiro atoms. The molecule has 2 rings (SSSR count). The lowest BCUT2D eigenvalue weighted by molar-refractivity contribution is -0.0719. The fraction of sp³-hybridized carbons (Fsp3) is 0.533. The van der Waals surface area contributed by atoms with Gasteiger partial charge in [0.15, 0.2) is 17.3 Å². The van der Waals surface area contributed by atoms with Crippen LogP contribution >= 0.6 is 15.9 Å². The minimum absolute atomic E-state index is 0.120. The van der Waals surface area contributed by atoms with E-state index >= 15 is 0 Å². The van der Waals surface area contributed by atoms with Crippen LogP contribution in [0.25, 0.3) is 0 Å². The molecular formula is C15H19BrO5. The van der Waals surface area contributed by atoms with E-state index in [1.165, 1.54) is 0 Å². The number of halogens is 1. The maximum absolute atomic E-state index is 12.5. The third kappa shape index (κ3) is 3.96. The molecule has 0 aliphatic carbocycles. The normalized spacial score (nSPS) is 18.3. The summed E-state index contributed by atoms with van der Waals surface area (Å²) in [6.07, 6.45) is -0.567. The maximum Gasteiger partial charge on any atom is 0.195 e. The van der Waals surface area contributed by atoms with Crippen molar-refractivity contribution < 1.29 is 23.7 Å². The van der Waals surface area contributed by atoms with Gasteiger partial charge in [0.05, 0.1) is 33.0 Å². The molecule has 0 aromatic heterocycles. The van der Waals surface area contributed by atoms with Gasteiger partial charge in [0.2, 0.25) is 0 Å². The average Bonchev–Trinajstić information content (AvgIpc) is 2.50. The zero-order valence-electron chi connectivity index (χ0n) is 12.2. The molecule has 116 valence electrons. The standard InChI is InChI=1S/C15H19BrO5/c1-3-19-12-7-10(11(16)8-13(12)20-4-2)15(17)14-9-18-5-6-21-14/h7-8,14H,3-6,9H2,1-2H3. The fourth-order valence-electron chi connectivity index (χ4n) is 2.07. The van der Waals surface area contributed by atoms with Crippen LogP contribution in [0.15, 0.2) is 16.6 Å². The van der Waals surface area contributed by atoms with Crippen molar-refractivity contribution in [2.45, 2.75) is 20.0 Å². The highest BCUT2D eigenvalue weighted by Gasteiger charge is 2.27. The van der Waals surface area contributed by atoms with Crippen LogP contribution in [0.5, 0.6) is 11.5 Å². The SMILES string of the molecule is CCOc1cc(Br)c(C(=O)C2COCCO2)cc1OCC. The number of benzene rings is 1. The Bertz CT molecular complexity index is 497. The Kier molecular flexibility index (Phi) is 6.02.